The van der Waals surface area contributed by atoms with Crippen LogP contribution in [0.3, 0.4) is 0 Å². The molecule has 0 amide bonds. The Morgan fingerprint density at radius 3 is 3.00 bits per heavy atom. The van der Waals surface area contributed by atoms with E-state index >= 15 is 0 Å². The molecule has 3 heteroatoms. The van der Waals surface area contributed by atoms with Crippen LogP contribution in [-0.4, -0.2) is 18.1 Å². The summed E-state index contributed by atoms with van der Waals surface area (Å²) in [5.41, 5.74) is 1.16. The van der Waals surface area contributed by atoms with E-state index in [1.54, 1.807) is 6.20 Å². The molecule has 94 valence electrons. The van der Waals surface area contributed by atoms with Crippen LogP contribution in [0.15, 0.2) is 18.3 Å². The van der Waals surface area contributed by atoms with Gasteiger partial charge in [0.2, 0.25) is 5.88 Å². The number of pyridine rings is 1. The minimum atomic E-state index is 0.669. The first-order valence-electron chi connectivity index (χ1n) is 6.53. The fourth-order valence-corrected chi connectivity index (χ4v) is 1.67. The highest BCUT2D eigenvalue weighted by Gasteiger charge is 2.22. The monoisotopic (exact) mass is 234 g/mol. The SMILES string of the molecule is CC(C)CNCc1cccnc1OCC1CC1. The Bertz CT molecular complexity index is 348. The van der Waals surface area contributed by atoms with E-state index in [2.05, 4.69) is 30.2 Å². The Kier molecular flexibility index (Phi) is 4.37. The largest absolute Gasteiger partial charge is 0.477 e. The summed E-state index contributed by atoms with van der Waals surface area (Å²) >= 11 is 0. The molecule has 1 heterocycles. The van der Waals surface area contributed by atoms with Crippen LogP contribution in [0.5, 0.6) is 5.88 Å². The highest BCUT2D eigenvalue weighted by Crippen LogP contribution is 2.29. The van der Waals surface area contributed by atoms with Gasteiger partial charge in [-0.15, -0.1) is 0 Å². The van der Waals surface area contributed by atoms with Gasteiger partial charge in [-0.2, -0.15) is 0 Å². The van der Waals surface area contributed by atoms with Crippen LogP contribution in [-0.2, 0) is 6.54 Å². The summed E-state index contributed by atoms with van der Waals surface area (Å²) in [5, 5.41) is 3.42. The molecule has 1 aromatic heterocycles. The van der Waals surface area contributed by atoms with Gasteiger partial charge in [0.05, 0.1) is 6.61 Å². The quantitative estimate of drug-likeness (QED) is 0.787. The van der Waals surface area contributed by atoms with Crippen LogP contribution in [0.4, 0.5) is 0 Å². The van der Waals surface area contributed by atoms with Crippen LogP contribution in [0.1, 0.15) is 32.3 Å². The smallest absolute Gasteiger partial charge is 0.217 e. The maximum absolute atomic E-state index is 5.77. The van der Waals surface area contributed by atoms with Crippen LogP contribution in [0, 0.1) is 11.8 Å². The lowest BCUT2D eigenvalue weighted by atomic mass is 10.2. The standard InChI is InChI=1S/C14H22N2O/c1-11(2)8-15-9-13-4-3-7-16-14(13)17-10-12-5-6-12/h3-4,7,11-12,15H,5-6,8-10H2,1-2H3. The van der Waals surface area contributed by atoms with Gasteiger partial charge in [0.1, 0.15) is 0 Å². The van der Waals surface area contributed by atoms with E-state index in [9.17, 15) is 0 Å². The van der Waals surface area contributed by atoms with Crippen molar-refractivity contribution in [2.24, 2.45) is 11.8 Å². The second-order valence-corrected chi connectivity index (χ2v) is 5.25. The first kappa shape index (κ1) is 12.4. The number of hydrogen-bond donors (Lipinski definition) is 1. The molecule has 0 saturated heterocycles. The summed E-state index contributed by atoms with van der Waals surface area (Å²) in [5.74, 6) is 2.24. The number of nitrogens with one attached hydrogen (secondary N) is 1. The van der Waals surface area contributed by atoms with Crippen LogP contribution < -0.4 is 10.1 Å². The van der Waals surface area contributed by atoms with Crippen molar-refractivity contribution in [1.82, 2.24) is 10.3 Å². The molecule has 17 heavy (non-hydrogen) atoms. The van der Waals surface area contributed by atoms with Gasteiger partial charge in [0.25, 0.3) is 0 Å². The number of nitrogens with zero attached hydrogens (tertiary/aromatic N) is 1. The molecule has 0 radical (unpaired) electrons. The van der Waals surface area contributed by atoms with E-state index < -0.39 is 0 Å². The van der Waals surface area contributed by atoms with E-state index in [0.717, 1.165) is 37.1 Å². The average molecular weight is 234 g/mol. The summed E-state index contributed by atoms with van der Waals surface area (Å²) in [6.45, 7) is 7.11. The van der Waals surface area contributed by atoms with Crippen molar-refractivity contribution in [2.75, 3.05) is 13.2 Å². The minimum Gasteiger partial charge on any atom is -0.477 e. The van der Waals surface area contributed by atoms with Crippen LogP contribution >= 0.6 is 0 Å². The lowest BCUT2D eigenvalue weighted by molar-refractivity contribution is 0.284. The lowest BCUT2D eigenvalue weighted by Gasteiger charge is -2.11. The van der Waals surface area contributed by atoms with Crippen molar-refractivity contribution >= 4 is 0 Å². The highest BCUT2D eigenvalue weighted by molar-refractivity contribution is 5.25. The molecule has 0 spiro atoms. The zero-order chi connectivity index (χ0) is 12.1. The van der Waals surface area contributed by atoms with E-state index in [1.807, 2.05) is 6.07 Å². The normalized spacial score (nSPS) is 15.2. The molecule has 0 bridgehead atoms. The Labute approximate surface area is 104 Å². The summed E-state index contributed by atoms with van der Waals surface area (Å²) in [4.78, 5) is 4.31. The van der Waals surface area contributed by atoms with Gasteiger partial charge in [0.15, 0.2) is 0 Å². The lowest BCUT2D eigenvalue weighted by Crippen LogP contribution is -2.19. The Morgan fingerprint density at radius 2 is 2.29 bits per heavy atom. The minimum absolute atomic E-state index is 0.669. The Balaban J connectivity index is 1.85. The molecule has 1 aliphatic carbocycles. The van der Waals surface area contributed by atoms with E-state index in [1.165, 1.54) is 12.8 Å². The van der Waals surface area contributed by atoms with Crippen molar-refractivity contribution in [1.29, 1.82) is 0 Å². The van der Waals surface area contributed by atoms with Crippen molar-refractivity contribution in [3.63, 3.8) is 0 Å². The van der Waals surface area contributed by atoms with Gasteiger partial charge in [-0.25, -0.2) is 4.98 Å². The molecule has 1 aliphatic rings. The predicted molar refractivity (Wildman–Crippen MR) is 69.0 cm³/mol. The molecule has 0 atom stereocenters. The third kappa shape index (κ3) is 4.35. The Hall–Kier alpha value is -1.09. The van der Waals surface area contributed by atoms with Gasteiger partial charge in [0, 0.05) is 18.3 Å². The first-order valence-corrected chi connectivity index (χ1v) is 6.53. The molecule has 0 aromatic carbocycles. The van der Waals surface area contributed by atoms with Crippen molar-refractivity contribution < 1.29 is 4.74 Å². The average Bonchev–Trinajstić information content (AvgIpc) is 3.11. The molecule has 2 rings (SSSR count). The molecule has 0 unspecified atom stereocenters. The van der Waals surface area contributed by atoms with Gasteiger partial charge < -0.3 is 10.1 Å². The zero-order valence-corrected chi connectivity index (χ0v) is 10.8. The second kappa shape index (κ2) is 6.01. The Morgan fingerprint density at radius 1 is 1.47 bits per heavy atom. The molecule has 1 aromatic rings. The van der Waals surface area contributed by atoms with Crippen molar-refractivity contribution in [3.8, 4) is 5.88 Å². The molecule has 1 fully saturated rings. The summed E-state index contributed by atoms with van der Waals surface area (Å²) in [6, 6.07) is 4.05. The number of rotatable bonds is 7. The maximum atomic E-state index is 5.77. The van der Waals surface area contributed by atoms with Gasteiger partial charge in [-0.1, -0.05) is 19.9 Å². The topological polar surface area (TPSA) is 34.2 Å². The molecular formula is C14H22N2O. The third-order valence-electron chi connectivity index (χ3n) is 2.87. The van der Waals surface area contributed by atoms with E-state index in [4.69, 9.17) is 4.74 Å². The molecule has 3 nitrogen and oxygen atoms in total. The molecule has 0 aliphatic heterocycles. The number of hydrogen-bond acceptors (Lipinski definition) is 3. The fourth-order valence-electron chi connectivity index (χ4n) is 1.67. The number of ether oxygens (including phenoxy) is 1. The predicted octanol–water partition coefficient (Wildman–Crippen LogP) is 2.62. The van der Waals surface area contributed by atoms with Gasteiger partial charge in [-0.3, -0.25) is 0 Å². The van der Waals surface area contributed by atoms with Crippen LogP contribution in [0.2, 0.25) is 0 Å². The summed E-state index contributed by atoms with van der Waals surface area (Å²) in [6.07, 6.45) is 4.43. The van der Waals surface area contributed by atoms with Gasteiger partial charge >= 0.3 is 0 Å². The molecule has 1 saturated carbocycles. The molecule has 1 N–H and O–H groups in total. The van der Waals surface area contributed by atoms with Crippen molar-refractivity contribution in [3.05, 3.63) is 23.9 Å². The van der Waals surface area contributed by atoms with E-state index in [-0.39, 0.29) is 0 Å². The second-order valence-electron chi connectivity index (χ2n) is 5.25. The maximum Gasteiger partial charge on any atom is 0.217 e. The third-order valence-corrected chi connectivity index (χ3v) is 2.87. The highest BCUT2D eigenvalue weighted by atomic mass is 16.5. The van der Waals surface area contributed by atoms with E-state index in [0.29, 0.717) is 5.92 Å². The molecular weight excluding hydrogens is 212 g/mol. The number of aromatic nitrogens is 1. The zero-order valence-electron chi connectivity index (χ0n) is 10.8. The van der Waals surface area contributed by atoms with Gasteiger partial charge in [-0.05, 0) is 37.3 Å². The first-order chi connectivity index (χ1) is 8.25. The summed E-state index contributed by atoms with van der Waals surface area (Å²) < 4.78 is 5.77. The van der Waals surface area contributed by atoms with Crippen molar-refractivity contribution in [2.45, 2.75) is 33.2 Å². The van der Waals surface area contributed by atoms with Crippen LogP contribution in [0.25, 0.3) is 0 Å². The fraction of sp³-hybridized carbons (Fsp3) is 0.643. The summed E-state index contributed by atoms with van der Waals surface area (Å²) in [7, 11) is 0.